The molecule has 1 aromatic heterocycles. The molecule has 0 fully saturated rings. The zero-order valence-corrected chi connectivity index (χ0v) is 13.8. The molecule has 0 spiro atoms. The van der Waals surface area contributed by atoms with Crippen molar-refractivity contribution in [2.75, 3.05) is 4.90 Å². The highest BCUT2D eigenvalue weighted by atomic mass is 16.2. The molecule has 23 heavy (non-hydrogen) atoms. The number of benzene rings is 1. The standard InChI is InChI=1S/C19H20N2O2/c1-11(2)18(22)21-17-8-6-5-7-14(17)15(19(21)23)10-16-12(3)9-13(4)20-16/h5-11,20H,1-4H3. The maximum atomic E-state index is 12.9. The lowest BCUT2D eigenvalue weighted by atomic mass is 10.1. The van der Waals surface area contributed by atoms with Gasteiger partial charge in [-0.3, -0.25) is 9.59 Å². The van der Waals surface area contributed by atoms with Crippen LogP contribution >= 0.6 is 0 Å². The molecule has 1 N–H and O–H groups in total. The number of hydrogen-bond acceptors (Lipinski definition) is 2. The van der Waals surface area contributed by atoms with Crippen LogP contribution < -0.4 is 4.90 Å². The monoisotopic (exact) mass is 308 g/mol. The molecule has 0 unspecified atom stereocenters. The van der Waals surface area contributed by atoms with Crippen LogP contribution in [0.5, 0.6) is 0 Å². The van der Waals surface area contributed by atoms with Crippen molar-refractivity contribution in [3.8, 4) is 0 Å². The van der Waals surface area contributed by atoms with Crippen molar-refractivity contribution in [1.29, 1.82) is 0 Å². The van der Waals surface area contributed by atoms with E-state index in [0.29, 0.717) is 11.3 Å². The lowest BCUT2D eigenvalue weighted by Crippen LogP contribution is -2.36. The van der Waals surface area contributed by atoms with Gasteiger partial charge in [0.05, 0.1) is 11.3 Å². The Kier molecular flexibility index (Phi) is 3.68. The smallest absolute Gasteiger partial charge is 0.265 e. The van der Waals surface area contributed by atoms with E-state index < -0.39 is 0 Å². The minimum Gasteiger partial charge on any atom is -0.359 e. The number of fused-ring (bicyclic) bond motifs is 1. The van der Waals surface area contributed by atoms with Gasteiger partial charge in [-0.1, -0.05) is 32.0 Å². The minimum atomic E-state index is -0.253. The third kappa shape index (κ3) is 2.50. The van der Waals surface area contributed by atoms with Crippen LogP contribution in [-0.2, 0) is 9.59 Å². The summed E-state index contributed by atoms with van der Waals surface area (Å²) in [5, 5.41) is 0. The Morgan fingerprint density at radius 3 is 2.52 bits per heavy atom. The number of amides is 2. The summed E-state index contributed by atoms with van der Waals surface area (Å²) in [6, 6.07) is 9.48. The maximum Gasteiger partial charge on any atom is 0.265 e. The normalized spacial score (nSPS) is 15.6. The molecule has 0 saturated carbocycles. The van der Waals surface area contributed by atoms with Gasteiger partial charge in [0.2, 0.25) is 5.91 Å². The average molecular weight is 308 g/mol. The number of hydrogen-bond donors (Lipinski definition) is 1. The number of aromatic amines is 1. The van der Waals surface area contributed by atoms with E-state index in [1.807, 2.05) is 50.3 Å². The fourth-order valence-corrected chi connectivity index (χ4v) is 2.90. The predicted octanol–water partition coefficient (Wildman–Crippen LogP) is 3.70. The van der Waals surface area contributed by atoms with Crippen LogP contribution in [0.4, 0.5) is 5.69 Å². The van der Waals surface area contributed by atoms with E-state index in [-0.39, 0.29) is 17.7 Å². The van der Waals surface area contributed by atoms with Crippen LogP contribution in [0.1, 0.15) is 36.4 Å². The summed E-state index contributed by atoms with van der Waals surface area (Å²) < 4.78 is 0. The first kappa shape index (κ1) is 15.3. The van der Waals surface area contributed by atoms with E-state index in [2.05, 4.69) is 4.98 Å². The van der Waals surface area contributed by atoms with E-state index in [0.717, 1.165) is 22.5 Å². The molecule has 4 heteroatoms. The lowest BCUT2D eigenvalue weighted by Gasteiger charge is -2.17. The summed E-state index contributed by atoms with van der Waals surface area (Å²) in [6.07, 6.45) is 1.84. The van der Waals surface area contributed by atoms with E-state index in [4.69, 9.17) is 0 Å². The molecule has 1 aliphatic heterocycles. The third-order valence-corrected chi connectivity index (χ3v) is 4.06. The average Bonchev–Trinajstić information content (AvgIpc) is 2.96. The Labute approximate surface area is 135 Å². The molecule has 0 saturated heterocycles. The number of H-pyrrole nitrogens is 1. The summed E-state index contributed by atoms with van der Waals surface area (Å²) in [5.74, 6) is -0.664. The van der Waals surface area contributed by atoms with E-state index in [9.17, 15) is 9.59 Å². The number of nitrogens with one attached hydrogen (secondary N) is 1. The van der Waals surface area contributed by atoms with Gasteiger partial charge in [-0.2, -0.15) is 0 Å². The molecule has 2 heterocycles. The zero-order chi connectivity index (χ0) is 16.7. The van der Waals surface area contributed by atoms with Gasteiger partial charge in [-0.25, -0.2) is 4.90 Å². The Bertz CT molecular complexity index is 828. The summed E-state index contributed by atoms with van der Waals surface area (Å²) >= 11 is 0. The van der Waals surface area contributed by atoms with Crippen LogP contribution in [0.25, 0.3) is 11.6 Å². The largest absolute Gasteiger partial charge is 0.359 e. The predicted molar refractivity (Wildman–Crippen MR) is 91.9 cm³/mol. The van der Waals surface area contributed by atoms with Crippen molar-refractivity contribution in [1.82, 2.24) is 4.98 Å². The molecule has 1 aliphatic rings. The van der Waals surface area contributed by atoms with Crippen molar-refractivity contribution >= 4 is 29.2 Å². The van der Waals surface area contributed by atoms with Gasteiger partial charge >= 0.3 is 0 Å². The van der Waals surface area contributed by atoms with E-state index in [1.165, 1.54) is 4.90 Å². The molecular weight excluding hydrogens is 288 g/mol. The molecule has 3 rings (SSSR count). The lowest BCUT2D eigenvalue weighted by molar-refractivity contribution is -0.125. The Morgan fingerprint density at radius 1 is 1.22 bits per heavy atom. The topological polar surface area (TPSA) is 53.2 Å². The number of carbonyl (C=O) groups excluding carboxylic acids is 2. The first-order chi connectivity index (χ1) is 10.9. The highest BCUT2D eigenvalue weighted by molar-refractivity contribution is 6.42. The van der Waals surface area contributed by atoms with Crippen LogP contribution in [0, 0.1) is 19.8 Å². The van der Waals surface area contributed by atoms with E-state index >= 15 is 0 Å². The highest BCUT2D eigenvalue weighted by Gasteiger charge is 2.37. The maximum absolute atomic E-state index is 12.9. The van der Waals surface area contributed by atoms with Crippen LogP contribution in [0.2, 0.25) is 0 Å². The number of rotatable bonds is 2. The second-order valence-electron chi connectivity index (χ2n) is 6.26. The Morgan fingerprint density at radius 2 is 1.91 bits per heavy atom. The Balaban J connectivity index is 2.14. The van der Waals surface area contributed by atoms with Gasteiger partial charge < -0.3 is 4.98 Å². The van der Waals surface area contributed by atoms with Crippen molar-refractivity contribution in [2.24, 2.45) is 5.92 Å². The quantitative estimate of drug-likeness (QED) is 0.860. The van der Waals surface area contributed by atoms with Crippen LogP contribution in [-0.4, -0.2) is 16.8 Å². The van der Waals surface area contributed by atoms with Crippen molar-refractivity contribution < 1.29 is 9.59 Å². The van der Waals surface area contributed by atoms with E-state index in [1.54, 1.807) is 13.8 Å². The van der Waals surface area contributed by atoms with Crippen LogP contribution in [0.15, 0.2) is 30.3 Å². The molecule has 0 atom stereocenters. The minimum absolute atomic E-state index is 0.176. The Hall–Kier alpha value is -2.62. The van der Waals surface area contributed by atoms with Gasteiger partial charge in [-0.05, 0) is 37.6 Å². The molecule has 2 amide bonds. The number of para-hydroxylation sites is 1. The number of imide groups is 1. The van der Waals surface area contributed by atoms with Crippen molar-refractivity contribution in [2.45, 2.75) is 27.7 Å². The van der Waals surface area contributed by atoms with Gasteiger partial charge in [0.1, 0.15) is 0 Å². The molecule has 0 aliphatic carbocycles. The first-order valence-corrected chi connectivity index (χ1v) is 7.75. The third-order valence-electron chi connectivity index (χ3n) is 4.06. The number of carbonyl (C=O) groups is 2. The summed E-state index contributed by atoms with van der Waals surface area (Å²) in [5.41, 5.74) is 5.05. The van der Waals surface area contributed by atoms with Gasteiger partial charge in [0.25, 0.3) is 5.91 Å². The molecule has 4 nitrogen and oxygen atoms in total. The molecule has 2 aromatic rings. The fourth-order valence-electron chi connectivity index (χ4n) is 2.90. The van der Waals surface area contributed by atoms with Gasteiger partial charge in [-0.15, -0.1) is 0 Å². The number of aromatic nitrogens is 1. The molecule has 118 valence electrons. The molecular formula is C19H20N2O2. The SMILES string of the molecule is Cc1cc(C)c(C=C2C(=O)N(C(=O)C(C)C)c3ccccc32)[nH]1. The number of anilines is 1. The highest BCUT2D eigenvalue weighted by Crippen LogP contribution is 2.38. The fraction of sp³-hybridized carbons (Fsp3) is 0.263. The van der Waals surface area contributed by atoms with Crippen molar-refractivity contribution in [3.63, 3.8) is 0 Å². The molecule has 0 radical (unpaired) electrons. The summed E-state index contributed by atoms with van der Waals surface area (Å²) in [4.78, 5) is 29.9. The van der Waals surface area contributed by atoms with Gasteiger partial charge in [0, 0.05) is 22.9 Å². The van der Waals surface area contributed by atoms with Crippen LogP contribution in [0.3, 0.4) is 0 Å². The first-order valence-electron chi connectivity index (χ1n) is 7.75. The summed E-state index contributed by atoms with van der Waals surface area (Å²) in [6.45, 7) is 7.59. The number of aryl methyl sites for hydroxylation is 2. The summed E-state index contributed by atoms with van der Waals surface area (Å²) in [7, 11) is 0. The second kappa shape index (κ2) is 5.54. The van der Waals surface area contributed by atoms with Crippen molar-refractivity contribution in [3.05, 3.63) is 52.8 Å². The zero-order valence-electron chi connectivity index (χ0n) is 13.8. The molecule has 1 aromatic carbocycles. The molecule has 0 bridgehead atoms. The second-order valence-corrected chi connectivity index (χ2v) is 6.26. The van der Waals surface area contributed by atoms with Gasteiger partial charge in [0.15, 0.2) is 0 Å². The number of nitrogens with zero attached hydrogens (tertiary/aromatic N) is 1.